The molecule has 2 aromatic carbocycles. The first-order valence-corrected chi connectivity index (χ1v) is 10.7. The summed E-state index contributed by atoms with van der Waals surface area (Å²) in [6.07, 6.45) is 0. The zero-order valence-electron chi connectivity index (χ0n) is 13.9. The average Bonchev–Trinajstić information content (AvgIpc) is 2.68. The van der Waals surface area contributed by atoms with Gasteiger partial charge in [0.05, 0.1) is 0 Å². The van der Waals surface area contributed by atoms with Crippen molar-refractivity contribution in [1.82, 2.24) is 9.47 Å². The summed E-state index contributed by atoms with van der Waals surface area (Å²) in [6.45, 7) is 4.35. The van der Waals surface area contributed by atoms with E-state index < -0.39 is 8.40 Å². The van der Waals surface area contributed by atoms with Gasteiger partial charge in [-0.15, -0.1) is 0 Å². The third-order valence-electron chi connectivity index (χ3n) is 4.80. The molecule has 0 aromatic heterocycles. The third kappa shape index (κ3) is 2.80. The molecule has 3 rings (SSSR count). The van der Waals surface area contributed by atoms with E-state index in [1.165, 1.54) is 10.9 Å². The number of nitrogens with zero attached hydrogens (tertiary/aromatic N) is 3. The Morgan fingerprint density at radius 1 is 0.870 bits per heavy atom. The fraction of sp³-hybridized carbons (Fsp3) is 0.278. The van der Waals surface area contributed by atoms with Gasteiger partial charge in [0.1, 0.15) is 0 Å². The van der Waals surface area contributed by atoms with E-state index in [1.807, 2.05) is 0 Å². The number of hydrogen-bond acceptors (Lipinski definition) is 2. The molecule has 0 N–H and O–H groups in total. The molecule has 1 saturated heterocycles. The van der Waals surface area contributed by atoms with E-state index in [-0.39, 0.29) is 0 Å². The quantitative estimate of drug-likeness (QED) is 0.613. The number of anilines is 1. The van der Waals surface area contributed by atoms with Crippen molar-refractivity contribution in [2.45, 2.75) is 6.55 Å². The second-order valence-electron chi connectivity index (χ2n) is 6.18. The van der Waals surface area contributed by atoms with E-state index in [0.29, 0.717) is 0 Å². The van der Waals surface area contributed by atoms with Crippen LogP contribution in [0.5, 0.6) is 0 Å². The lowest BCUT2D eigenvalue weighted by atomic mass is 10.3. The maximum absolute atomic E-state index is 5.88. The van der Waals surface area contributed by atoms with Gasteiger partial charge in [0.25, 0.3) is 8.40 Å². The van der Waals surface area contributed by atoms with Gasteiger partial charge in [0, 0.05) is 25.8 Å². The molecule has 23 heavy (non-hydrogen) atoms. The molecule has 120 valence electrons. The zero-order chi connectivity index (χ0) is 16.4. The molecule has 0 spiro atoms. The molecule has 0 saturated carbocycles. The van der Waals surface area contributed by atoms with E-state index in [4.69, 9.17) is 12.2 Å². The molecule has 0 bridgehead atoms. The largest absolute Gasteiger partial charge is 0.351 e. The van der Waals surface area contributed by atoms with Gasteiger partial charge < -0.3 is 14.0 Å². The maximum atomic E-state index is 5.88. The number of benzene rings is 2. The Morgan fingerprint density at radius 3 is 2.04 bits per heavy atom. The summed E-state index contributed by atoms with van der Waals surface area (Å²) < 4.78 is 4.93. The second-order valence-corrected chi connectivity index (χ2v) is 10.4. The summed E-state index contributed by atoms with van der Waals surface area (Å²) in [6, 6.07) is 21.4. The van der Waals surface area contributed by atoms with Gasteiger partial charge in [0.15, 0.2) is 5.11 Å². The van der Waals surface area contributed by atoms with E-state index in [0.717, 1.165) is 18.2 Å². The van der Waals surface area contributed by atoms with E-state index >= 15 is 0 Å². The topological polar surface area (TPSA) is 9.72 Å². The maximum Gasteiger partial charge on any atom is 0.271 e. The van der Waals surface area contributed by atoms with Crippen molar-refractivity contribution >= 4 is 36.6 Å². The fourth-order valence-corrected chi connectivity index (χ4v) is 7.51. The van der Waals surface area contributed by atoms with Crippen LogP contribution in [0.1, 0.15) is 0 Å². The second kappa shape index (κ2) is 6.43. The van der Waals surface area contributed by atoms with Gasteiger partial charge in [0.2, 0.25) is 0 Å². The van der Waals surface area contributed by atoms with Crippen molar-refractivity contribution in [3.63, 3.8) is 0 Å². The molecule has 2 aromatic rings. The minimum Gasteiger partial charge on any atom is -0.351 e. The molecule has 0 amide bonds. The average molecular weight is 342 g/mol. The molecule has 1 fully saturated rings. The Hall–Kier alpha value is -1.69. The Kier molecular flexibility index (Phi) is 4.52. The van der Waals surface area contributed by atoms with Crippen LogP contribution in [0, 0.1) is 0 Å². The van der Waals surface area contributed by atoms with Crippen LogP contribution in [0.4, 0.5) is 5.69 Å². The summed E-state index contributed by atoms with van der Waals surface area (Å²) in [4.78, 5) is 2.19. The third-order valence-corrected chi connectivity index (χ3v) is 9.94. The number of likely N-dealkylation sites (N-methyl/N-ethyl adjacent to an activating group) is 2. The summed E-state index contributed by atoms with van der Waals surface area (Å²) in [5.41, 5.74) is 1.18. The van der Waals surface area contributed by atoms with Crippen molar-refractivity contribution in [3.8, 4) is 0 Å². The van der Waals surface area contributed by atoms with Gasteiger partial charge >= 0.3 is 0 Å². The van der Waals surface area contributed by atoms with Crippen molar-refractivity contribution < 1.29 is 0 Å². The summed E-state index contributed by atoms with van der Waals surface area (Å²) in [5.74, 6) is 0. The summed E-state index contributed by atoms with van der Waals surface area (Å²) >= 11 is 5.88. The predicted octanol–water partition coefficient (Wildman–Crippen LogP) is 2.63. The van der Waals surface area contributed by atoms with Gasteiger partial charge in [-0.2, -0.15) is 0 Å². The summed E-state index contributed by atoms with van der Waals surface area (Å²) in [7, 11) is 2.17. The molecule has 0 aliphatic carbocycles. The molecule has 3 nitrogen and oxygen atoms in total. The predicted molar refractivity (Wildman–Crippen MR) is 104 cm³/mol. The molecule has 0 radical (unpaired) electrons. The van der Waals surface area contributed by atoms with Crippen molar-refractivity contribution in [2.75, 3.05) is 31.8 Å². The minimum absolute atomic E-state index is 0.915. The zero-order valence-corrected chi connectivity index (χ0v) is 15.8. The summed E-state index contributed by atoms with van der Waals surface area (Å²) in [5, 5.41) is 2.29. The van der Waals surface area contributed by atoms with Crippen LogP contribution in [-0.2, 0) is 0 Å². The molecule has 1 atom stereocenters. The van der Waals surface area contributed by atoms with Crippen LogP contribution in [0.25, 0.3) is 0 Å². The molecular weight excluding hydrogens is 318 g/mol. The smallest absolute Gasteiger partial charge is 0.271 e. The molecular formula is C18H23N3SSi. The highest BCUT2D eigenvalue weighted by Crippen LogP contribution is 2.27. The monoisotopic (exact) mass is 341 g/mol. The lowest BCUT2D eigenvalue weighted by molar-refractivity contribution is 0.432. The van der Waals surface area contributed by atoms with Crippen LogP contribution in [0.2, 0.25) is 6.55 Å². The van der Waals surface area contributed by atoms with Crippen molar-refractivity contribution in [2.24, 2.45) is 0 Å². The highest BCUT2D eigenvalue weighted by Gasteiger charge is 2.46. The van der Waals surface area contributed by atoms with E-state index in [2.05, 4.69) is 95.3 Å². The Bertz CT molecular complexity index is 679. The lowest BCUT2D eigenvalue weighted by Crippen LogP contribution is -2.71. The standard InChI is InChI=1S/C18H23N3SSi/c1-19-14-15-20(2)23(3,17-12-8-5-9-13-17)21(18(19)22)16-10-6-4-7-11-16/h4-13H,14-15H2,1-3H3. The van der Waals surface area contributed by atoms with Crippen LogP contribution in [0.3, 0.4) is 0 Å². The van der Waals surface area contributed by atoms with Crippen molar-refractivity contribution in [3.05, 3.63) is 60.7 Å². The number of para-hydroxylation sites is 1. The first kappa shape index (κ1) is 16.2. The number of hydrogen-bond donors (Lipinski definition) is 0. The molecule has 1 heterocycles. The van der Waals surface area contributed by atoms with Gasteiger partial charge in [-0.25, -0.2) is 0 Å². The first-order chi connectivity index (χ1) is 11.0. The number of thiocarbonyl (C=S) groups is 1. The van der Waals surface area contributed by atoms with Crippen LogP contribution in [-0.4, -0.2) is 50.2 Å². The highest BCUT2D eigenvalue weighted by molar-refractivity contribution is 7.80. The Morgan fingerprint density at radius 2 is 1.43 bits per heavy atom. The van der Waals surface area contributed by atoms with Gasteiger partial charge in [-0.05, 0) is 43.1 Å². The molecule has 1 aliphatic heterocycles. The fourth-order valence-electron chi connectivity index (χ4n) is 3.18. The first-order valence-electron chi connectivity index (χ1n) is 7.92. The Labute approximate surface area is 145 Å². The highest BCUT2D eigenvalue weighted by atomic mass is 32.1. The number of rotatable bonds is 2. The van der Waals surface area contributed by atoms with Crippen LogP contribution >= 0.6 is 12.2 Å². The Balaban J connectivity index is 2.20. The minimum atomic E-state index is -2.16. The van der Waals surface area contributed by atoms with Crippen LogP contribution < -0.4 is 9.75 Å². The lowest BCUT2D eigenvalue weighted by Gasteiger charge is -2.44. The van der Waals surface area contributed by atoms with Gasteiger partial charge in [-0.1, -0.05) is 48.5 Å². The van der Waals surface area contributed by atoms with E-state index in [9.17, 15) is 0 Å². The van der Waals surface area contributed by atoms with Crippen molar-refractivity contribution in [1.29, 1.82) is 0 Å². The molecule has 5 heteroatoms. The SMILES string of the molecule is CN1CCN(C)[Si](C)(c2ccccc2)N(c2ccccc2)C1=S. The van der Waals surface area contributed by atoms with Gasteiger partial charge in [-0.3, -0.25) is 0 Å². The molecule has 1 aliphatic rings. The van der Waals surface area contributed by atoms with E-state index in [1.54, 1.807) is 0 Å². The molecule has 1 unspecified atom stereocenters. The normalized spacial score (nSPS) is 23.0. The van der Waals surface area contributed by atoms with Crippen LogP contribution in [0.15, 0.2) is 60.7 Å².